The average Bonchev–Trinajstić information content (AvgIpc) is 2.87. The number of ether oxygens (including phenoxy) is 1. The molecule has 110 valence electrons. The molecule has 0 spiro atoms. The van der Waals surface area contributed by atoms with Gasteiger partial charge in [-0.1, -0.05) is 0 Å². The Balaban J connectivity index is 1.68. The summed E-state index contributed by atoms with van der Waals surface area (Å²) in [5.74, 6) is -0.217. The van der Waals surface area contributed by atoms with Crippen molar-refractivity contribution >= 4 is 5.78 Å². The van der Waals surface area contributed by atoms with Crippen molar-refractivity contribution in [1.82, 2.24) is 4.90 Å². The summed E-state index contributed by atoms with van der Waals surface area (Å²) in [6, 6.07) is 5.78. The van der Waals surface area contributed by atoms with Crippen molar-refractivity contribution in [3.63, 3.8) is 0 Å². The molecule has 0 N–H and O–H groups in total. The summed E-state index contributed by atoms with van der Waals surface area (Å²) < 4.78 is 18.4. The fourth-order valence-electron chi connectivity index (χ4n) is 2.62. The highest BCUT2D eigenvalue weighted by Crippen LogP contribution is 2.14. The number of nitrogens with zero attached hydrogens (tertiary/aromatic N) is 1. The highest BCUT2D eigenvalue weighted by atomic mass is 19.1. The number of hydrogen-bond acceptors (Lipinski definition) is 3. The van der Waals surface area contributed by atoms with Crippen LogP contribution in [-0.4, -0.2) is 43.0 Å². The van der Waals surface area contributed by atoms with Gasteiger partial charge in [-0.25, -0.2) is 4.39 Å². The van der Waals surface area contributed by atoms with Gasteiger partial charge in [0.2, 0.25) is 0 Å². The molecule has 0 radical (unpaired) electrons. The van der Waals surface area contributed by atoms with Gasteiger partial charge in [0.25, 0.3) is 0 Å². The predicted octanol–water partition coefficient (Wildman–Crippen LogP) is 2.90. The van der Waals surface area contributed by atoms with Crippen molar-refractivity contribution in [2.45, 2.75) is 32.3 Å². The van der Waals surface area contributed by atoms with E-state index < -0.39 is 0 Å². The van der Waals surface area contributed by atoms with E-state index in [2.05, 4.69) is 4.90 Å². The number of likely N-dealkylation sites (tertiary alicyclic amines) is 1. The van der Waals surface area contributed by atoms with Gasteiger partial charge in [0.15, 0.2) is 5.78 Å². The van der Waals surface area contributed by atoms with Gasteiger partial charge in [0.05, 0.1) is 6.10 Å². The Morgan fingerprint density at radius 1 is 1.40 bits per heavy atom. The Hall–Kier alpha value is -1.26. The first-order valence-electron chi connectivity index (χ1n) is 7.31. The smallest absolute Gasteiger partial charge is 0.162 e. The van der Waals surface area contributed by atoms with Crippen molar-refractivity contribution in [2.75, 3.05) is 26.2 Å². The maximum absolute atomic E-state index is 12.8. The number of ketones is 1. The Bertz CT molecular complexity index is 433. The zero-order chi connectivity index (χ0) is 14.4. The lowest BCUT2D eigenvalue weighted by molar-refractivity contribution is 0.0687. The first-order chi connectivity index (χ1) is 9.69. The topological polar surface area (TPSA) is 29.5 Å². The van der Waals surface area contributed by atoms with Crippen LogP contribution in [0.25, 0.3) is 0 Å². The molecule has 1 aliphatic rings. The molecule has 1 fully saturated rings. The lowest BCUT2D eigenvalue weighted by Gasteiger charge is -2.15. The summed E-state index contributed by atoms with van der Waals surface area (Å²) in [6.07, 6.45) is 2.80. The van der Waals surface area contributed by atoms with E-state index in [0.29, 0.717) is 18.1 Å². The molecule has 0 aromatic heterocycles. The minimum atomic E-state index is -0.305. The summed E-state index contributed by atoms with van der Waals surface area (Å²) in [5, 5.41) is 0. The van der Waals surface area contributed by atoms with Gasteiger partial charge < -0.3 is 9.64 Å². The SMILES string of the molecule is CCO[C@H]1CCN(CCCC(=O)c2ccc(F)cc2)C1. The molecule has 0 bridgehead atoms. The molecule has 1 aromatic carbocycles. The standard InChI is InChI=1S/C16H22FNO2/c1-2-20-15-9-11-18(12-15)10-3-4-16(19)13-5-7-14(17)8-6-13/h5-8,15H,2-4,9-12H2,1H3/t15-/m0/s1. The zero-order valence-electron chi connectivity index (χ0n) is 12.0. The van der Waals surface area contributed by atoms with Gasteiger partial charge in [0, 0.05) is 31.7 Å². The van der Waals surface area contributed by atoms with Crippen LogP contribution in [0, 0.1) is 5.82 Å². The monoisotopic (exact) mass is 279 g/mol. The first kappa shape index (κ1) is 15.1. The third-order valence-electron chi connectivity index (χ3n) is 3.68. The highest BCUT2D eigenvalue weighted by Gasteiger charge is 2.22. The normalized spacial score (nSPS) is 19.4. The predicted molar refractivity (Wildman–Crippen MR) is 76.4 cm³/mol. The molecule has 0 unspecified atom stereocenters. The minimum Gasteiger partial charge on any atom is -0.377 e. The van der Waals surface area contributed by atoms with Crippen LogP contribution in [0.5, 0.6) is 0 Å². The fourth-order valence-corrected chi connectivity index (χ4v) is 2.62. The summed E-state index contributed by atoms with van der Waals surface area (Å²) >= 11 is 0. The highest BCUT2D eigenvalue weighted by molar-refractivity contribution is 5.95. The first-order valence-corrected chi connectivity index (χ1v) is 7.31. The lowest BCUT2D eigenvalue weighted by Crippen LogP contribution is -2.24. The average molecular weight is 279 g/mol. The molecule has 4 heteroatoms. The van der Waals surface area contributed by atoms with Crippen LogP contribution >= 0.6 is 0 Å². The van der Waals surface area contributed by atoms with E-state index in [1.54, 1.807) is 12.1 Å². The van der Waals surface area contributed by atoms with Crippen LogP contribution in [0.1, 0.15) is 36.5 Å². The van der Waals surface area contributed by atoms with Crippen molar-refractivity contribution in [1.29, 1.82) is 0 Å². The van der Waals surface area contributed by atoms with E-state index in [1.807, 2.05) is 6.92 Å². The molecular formula is C16H22FNO2. The van der Waals surface area contributed by atoms with Crippen LogP contribution in [0.15, 0.2) is 24.3 Å². The molecule has 0 saturated carbocycles. The van der Waals surface area contributed by atoms with Crippen molar-refractivity contribution < 1.29 is 13.9 Å². The van der Waals surface area contributed by atoms with E-state index in [-0.39, 0.29) is 11.6 Å². The maximum atomic E-state index is 12.8. The molecule has 1 atom stereocenters. The molecule has 1 aliphatic heterocycles. The summed E-state index contributed by atoms with van der Waals surface area (Å²) in [7, 11) is 0. The van der Waals surface area contributed by atoms with Gasteiger partial charge >= 0.3 is 0 Å². The number of benzene rings is 1. The number of Topliss-reactive ketones (excluding diaryl/α,β-unsaturated/α-hetero) is 1. The van der Waals surface area contributed by atoms with Gasteiger partial charge in [-0.3, -0.25) is 4.79 Å². The fraction of sp³-hybridized carbons (Fsp3) is 0.562. The van der Waals surface area contributed by atoms with Crippen LogP contribution in [0.3, 0.4) is 0 Å². The van der Waals surface area contributed by atoms with Crippen molar-refractivity contribution in [3.05, 3.63) is 35.6 Å². The van der Waals surface area contributed by atoms with Crippen LogP contribution in [0.2, 0.25) is 0 Å². The molecule has 1 heterocycles. The third kappa shape index (κ3) is 4.39. The maximum Gasteiger partial charge on any atom is 0.162 e. The second-order valence-electron chi connectivity index (χ2n) is 5.20. The molecule has 1 saturated heterocycles. The summed E-state index contributed by atoms with van der Waals surface area (Å²) in [4.78, 5) is 14.3. The minimum absolute atomic E-state index is 0.0885. The van der Waals surface area contributed by atoms with Gasteiger partial charge in [0.1, 0.15) is 5.82 Å². The summed E-state index contributed by atoms with van der Waals surface area (Å²) in [6.45, 7) is 5.73. The van der Waals surface area contributed by atoms with Crippen molar-refractivity contribution in [3.8, 4) is 0 Å². The Labute approximate surface area is 119 Å². The van der Waals surface area contributed by atoms with Gasteiger partial charge in [-0.05, 0) is 50.6 Å². The Morgan fingerprint density at radius 3 is 2.85 bits per heavy atom. The number of hydrogen-bond donors (Lipinski definition) is 0. The molecule has 20 heavy (non-hydrogen) atoms. The molecule has 0 aliphatic carbocycles. The number of halogens is 1. The lowest BCUT2D eigenvalue weighted by atomic mass is 10.1. The molecule has 0 amide bonds. The number of carbonyl (C=O) groups excluding carboxylic acids is 1. The quantitative estimate of drug-likeness (QED) is 0.719. The number of carbonyl (C=O) groups is 1. The number of rotatable bonds is 7. The van der Waals surface area contributed by atoms with Crippen LogP contribution in [-0.2, 0) is 4.74 Å². The second kappa shape index (κ2) is 7.50. The van der Waals surface area contributed by atoms with E-state index >= 15 is 0 Å². The Kier molecular flexibility index (Phi) is 5.68. The third-order valence-corrected chi connectivity index (χ3v) is 3.68. The van der Waals surface area contributed by atoms with Gasteiger partial charge in [-0.15, -0.1) is 0 Å². The van der Waals surface area contributed by atoms with Crippen LogP contribution in [0.4, 0.5) is 4.39 Å². The zero-order valence-corrected chi connectivity index (χ0v) is 12.0. The Morgan fingerprint density at radius 2 is 2.15 bits per heavy atom. The van der Waals surface area contributed by atoms with E-state index in [0.717, 1.165) is 39.1 Å². The van der Waals surface area contributed by atoms with E-state index in [9.17, 15) is 9.18 Å². The molecular weight excluding hydrogens is 257 g/mol. The summed E-state index contributed by atoms with van der Waals surface area (Å²) in [5.41, 5.74) is 0.597. The van der Waals surface area contributed by atoms with Crippen LogP contribution < -0.4 is 0 Å². The van der Waals surface area contributed by atoms with E-state index in [1.165, 1.54) is 12.1 Å². The van der Waals surface area contributed by atoms with Gasteiger partial charge in [-0.2, -0.15) is 0 Å². The largest absolute Gasteiger partial charge is 0.377 e. The molecule has 3 nitrogen and oxygen atoms in total. The molecule has 2 rings (SSSR count). The second-order valence-corrected chi connectivity index (χ2v) is 5.20. The van der Waals surface area contributed by atoms with Crippen molar-refractivity contribution in [2.24, 2.45) is 0 Å². The van der Waals surface area contributed by atoms with E-state index in [4.69, 9.17) is 4.74 Å². The molecule has 1 aromatic rings.